The van der Waals surface area contributed by atoms with Gasteiger partial charge in [-0.25, -0.2) is 8.42 Å². The summed E-state index contributed by atoms with van der Waals surface area (Å²) in [6, 6.07) is 0.289. The van der Waals surface area contributed by atoms with Crippen LogP contribution in [-0.4, -0.2) is 67.9 Å². The molecule has 5 nitrogen and oxygen atoms in total. The van der Waals surface area contributed by atoms with Crippen LogP contribution < -0.4 is 5.32 Å². The molecule has 2 heterocycles. The Morgan fingerprint density at radius 2 is 2.00 bits per heavy atom. The van der Waals surface area contributed by atoms with Gasteiger partial charge in [0.25, 0.3) is 0 Å². The van der Waals surface area contributed by atoms with Crippen LogP contribution in [0.3, 0.4) is 0 Å². The van der Waals surface area contributed by atoms with Gasteiger partial charge in [-0.3, -0.25) is 4.79 Å². The quantitative estimate of drug-likeness (QED) is 0.799. The predicted molar refractivity (Wildman–Crippen MR) is 78.2 cm³/mol. The molecular weight excluding hydrogens is 284 g/mol. The molecule has 0 aromatic carbocycles. The lowest BCUT2D eigenvalue weighted by molar-refractivity contribution is -0.119. The summed E-state index contributed by atoms with van der Waals surface area (Å²) in [5.74, 6) is 0.941. The van der Waals surface area contributed by atoms with Crippen LogP contribution in [-0.2, 0) is 14.6 Å². The summed E-state index contributed by atoms with van der Waals surface area (Å²) in [4.78, 5) is 14.1. The Labute approximate surface area is 119 Å². The number of likely N-dealkylation sites (tertiary alicyclic amines) is 1. The fourth-order valence-electron chi connectivity index (χ4n) is 2.51. The van der Waals surface area contributed by atoms with Gasteiger partial charge in [0.05, 0.1) is 17.3 Å². The number of nitrogens with zero attached hydrogens (tertiary/aromatic N) is 1. The van der Waals surface area contributed by atoms with Crippen LogP contribution in [0.5, 0.6) is 0 Å². The Kier molecular flexibility index (Phi) is 5.14. The van der Waals surface area contributed by atoms with Gasteiger partial charge in [0.2, 0.25) is 5.91 Å². The van der Waals surface area contributed by atoms with E-state index in [4.69, 9.17) is 0 Å². The first-order valence-electron chi connectivity index (χ1n) is 6.74. The SMILES string of the molecule is CN1CCC(NC(=O)CS[C@@H]2CCS(=O)(=O)C2)CC1. The van der Waals surface area contributed by atoms with Gasteiger partial charge in [0, 0.05) is 11.3 Å². The molecule has 0 spiro atoms. The molecule has 2 rings (SSSR count). The van der Waals surface area contributed by atoms with Gasteiger partial charge in [-0.2, -0.15) is 0 Å². The third-order valence-corrected chi connectivity index (χ3v) is 7.01. The summed E-state index contributed by atoms with van der Waals surface area (Å²) in [6.07, 6.45) is 2.70. The molecule has 2 fully saturated rings. The highest BCUT2D eigenvalue weighted by atomic mass is 32.2. The second-order valence-electron chi connectivity index (χ2n) is 5.48. The normalized spacial score (nSPS) is 28.4. The smallest absolute Gasteiger partial charge is 0.230 e. The minimum Gasteiger partial charge on any atom is -0.353 e. The van der Waals surface area contributed by atoms with E-state index in [1.807, 2.05) is 0 Å². The van der Waals surface area contributed by atoms with Gasteiger partial charge < -0.3 is 10.2 Å². The van der Waals surface area contributed by atoms with Crippen molar-refractivity contribution in [2.45, 2.75) is 30.6 Å². The summed E-state index contributed by atoms with van der Waals surface area (Å²) >= 11 is 1.48. The van der Waals surface area contributed by atoms with Crippen LogP contribution >= 0.6 is 11.8 Å². The number of piperidine rings is 1. The Hall–Kier alpha value is -0.270. The zero-order valence-corrected chi connectivity index (χ0v) is 12.9. The lowest BCUT2D eigenvalue weighted by Gasteiger charge is -2.29. The second-order valence-corrected chi connectivity index (χ2v) is 9.00. The molecule has 1 atom stereocenters. The van der Waals surface area contributed by atoms with Gasteiger partial charge in [-0.15, -0.1) is 11.8 Å². The predicted octanol–water partition coefficient (Wildman–Crippen LogP) is 0.117. The monoisotopic (exact) mass is 306 g/mol. The summed E-state index contributed by atoms with van der Waals surface area (Å²) in [5.41, 5.74) is 0. The maximum absolute atomic E-state index is 11.8. The number of nitrogens with one attached hydrogen (secondary N) is 1. The van der Waals surface area contributed by atoms with E-state index in [9.17, 15) is 13.2 Å². The highest BCUT2D eigenvalue weighted by Gasteiger charge is 2.28. The molecule has 2 aliphatic heterocycles. The van der Waals surface area contributed by atoms with Crippen molar-refractivity contribution in [2.75, 3.05) is 37.4 Å². The average molecular weight is 306 g/mol. The van der Waals surface area contributed by atoms with E-state index in [2.05, 4.69) is 17.3 Å². The van der Waals surface area contributed by atoms with Crippen molar-refractivity contribution in [1.29, 1.82) is 0 Å². The number of sulfone groups is 1. The Balaban J connectivity index is 1.65. The van der Waals surface area contributed by atoms with Crippen LogP contribution in [0.1, 0.15) is 19.3 Å². The number of carbonyl (C=O) groups is 1. The molecule has 1 amide bonds. The zero-order chi connectivity index (χ0) is 13.9. The summed E-state index contributed by atoms with van der Waals surface area (Å²) in [7, 11) is -0.743. The van der Waals surface area contributed by atoms with Crippen molar-refractivity contribution in [3.8, 4) is 0 Å². The summed E-state index contributed by atoms with van der Waals surface area (Å²) < 4.78 is 22.6. The van der Waals surface area contributed by atoms with E-state index >= 15 is 0 Å². The minimum absolute atomic E-state index is 0.0452. The van der Waals surface area contributed by atoms with Crippen molar-refractivity contribution in [1.82, 2.24) is 10.2 Å². The van der Waals surface area contributed by atoms with Crippen LogP contribution in [0, 0.1) is 0 Å². The molecule has 19 heavy (non-hydrogen) atoms. The van der Waals surface area contributed by atoms with Crippen molar-refractivity contribution in [3.63, 3.8) is 0 Å². The standard InChI is InChI=1S/C12H22N2O3S2/c1-14-5-2-10(3-6-14)13-12(15)8-18-11-4-7-19(16,17)9-11/h10-11H,2-9H2,1H3,(H,13,15)/t11-/m1/s1. The molecule has 2 aliphatic rings. The molecule has 7 heteroatoms. The highest BCUT2D eigenvalue weighted by molar-refractivity contribution is 8.02. The number of thioether (sulfide) groups is 1. The lowest BCUT2D eigenvalue weighted by atomic mass is 10.1. The van der Waals surface area contributed by atoms with Crippen LogP contribution in [0.4, 0.5) is 0 Å². The van der Waals surface area contributed by atoms with E-state index in [0.29, 0.717) is 12.2 Å². The lowest BCUT2D eigenvalue weighted by Crippen LogP contribution is -2.44. The van der Waals surface area contributed by atoms with Gasteiger partial charge in [0.1, 0.15) is 0 Å². The van der Waals surface area contributed by atoms with E-state index in [1.54, 1.807) is 0 Å². The van der Waals surface area contributed by atoms with Crippen molar-refractivity contribution in [2.24, 2.45) is 0 Å². The fraction of sp³-hybridized carbons (Fsp3) is 0.917. The molecule has 0 radical (unpaired) electrons. The van der Waals surface area contributed by atoms with E-state index < -0.39 is 9.84 Å². The molecule has 0 aromatic rings. The van der Waals surface area contributed by atoms with Crippen molar-refractivity contribution in [3.05, 3.63) is 0 Å². The maximum atomic E-state index is 11.8. The largest absolute Gasteiger partial charge is 0.353 e. The summed E-state index contributed by atoms with van der Waals surface area (Å²) in [6.45, 7) is 2.05. The van der Waals surface area contributed by atoms with E-state index in [0.717, 1.165) is 25.9 Å². The van der Waals surface area contributed by atoms with Gasteiger partial charge in [-0.05, 0) is 39.4 Å². The molecule has 0 aliphatic carbocycles. The third-order valence-electron chi connectivity index (χ3n) is 3.72. The first-order chi connectivity index (χ1) is 8.94. The first kappa shape index (κ1) is 15.1. The van der Waals surface area contributed by atoms with Gasteiger partial charge in [-0.1, -0.05) is 0 Å². The molecule has 0 bridgehead atoms. The van der Waals surface area contributed by atoms with Gasteiger partial charge in [0.15, 0.2) is 9.84 Å². The van der Waals surface area contributed by atoms with Crippen molar-refractivity contribution >= 4 is 27.5 Å². The average Bonchev–Trinajstić information content (AvgIpc) is 2.69. The fourth-order valence-corrected chi connectivity index (χ4v) is 5.96. The third kappa shape index (κ3) is 4.96. The summed E-state index contributed by atoms with van der Waals surface area (Å²) in [5, 5.41) is 3.15. The topological polar surface area (TPSA) is 66.5 Å². The first-order valence-corrected chi connectivity index (χ1v) is 9.61. The Bertz CT molecular complexity index is 417. The number of carbonyl (C=O) groups excluding carboxylic acids is 1. The highest BCUT2D eigenvalue weighted by Crippen LogP contribution is 2.24. The number of hydrogen-bond acceptors (Lipinski definition) is 5. The number of amides is 1. The second kappa shape index (κ2) is 6.45. The molecule has 110 valence electrons. The number of hydrogen-bond donors (Lipinski definition) is 1. The maximum Gasteiger partial charge on any atom is 0.230 e. The van der Waals surface area contributed by atoms with Gasteiger partial charge >= 0.3 is 0 Å². The minimum atomic E-state index is -2.83. The molecule has 0 saturated carbocycles. The van der Waals surface area contributed by atoms with Crippen LogP contribution in [0.25, 0.3) is 0 Å². The molecule has 1 N–H and O–H groups in total. The number of rotatable bonds is 4. The Morgan fingerprint density at radius 1 is 1.32 bits per heavy atom. The zero-order valence-electron chi connectivity index (χ0n) is 11.3. The van der Waals surface area contributed by atoms with Crippen molar-refractivity contribution < 1.29 is 13.2 Å². The Morgan fingerprint density at radius 3 is 2.58 bits per heavy atom. The van der Waals surface area contributed by atoms with Crippen LogP contribution in [0.15, 0.2) is 0 Å². The molecule has 0 aromatic heterocycles. The molecule has 0 unspecified atom stereocenters. The van der Waals surface area contributed by atoms with E-state index in [1.165, 1.54) is 11.8 Å². The van der Waals surface area contributed by atoms with Crippen LogP contribution in [0.2, 0.25) is 0 Å². The molecule has 2 saturated heterocycles. The molecular formula is C12H22N2O3S2. The van der Waals surface area contributed by atoms with E-state index in [-0.39, 0.29) is 28.7 Å².